The van der Waals surface area contributed by atoms with E-state index >= 15 is 0 Å². The number of methoxy groups -OCH3 is 1. The average Bonchev–Trinajstić information content (AvgIpc) is 2.89. The fourth-order valence-corrected chi connectivity index (χ4v) is 2.16. The zero-order valence-corrected chi connectivity index (χ0v) is 11.8. The summed E-state index contributed by atoms with van der Waals surface area (Å²) in [6.45, 7) is 0.732. The van der Waals surface area contributed by atoms with Gasteiger partial charge in [0, 0.05) is 12.2 Å². The monoisotopic (exact) mass is 283 g/mol. The molecule has 2 aromatic carbocycles. The van der Waals surface area contributed by atoms with Gasteiger partial charge in [0.25, 0.3) is 6.01 Å². The molecular weight excluding hydrogens is 266 g/mol. The Kier molecular flexibility index (Phi) is 3.64. The lowest BCUT2D eigenvalue weighted by Gasteiger charge is -2.04. The highest BCUT2D eigenvalue weighted by molar-refractivity contribution is 5.78. The number of rotatable bonds is 5. The zero-order chi connectivity index (χ0) is 14.7. The summed E-state index contributed by atoms with van der Waals surface area (Å²) in [5.41, 5.74) is 9.09. The summed E-state index contributed by atoms with van der Waals surface area (Å²) in [6.07, 6.45) is 0.859. The van der Waals surface area contributed by atoms with Gasteiger partial charge in [-0.3, -0.25) is 0 Å². The third-order valence-electron chi connectivity index (χ3n) is 3.24. The number of anilines is 2. The Bertz CT molecular complexity index is 752. The number of hydrogen-bond donors (Lipinski definition) is 2. The molecule has 3 N–H and O–H groups in total. The van der Waals surface area contributed by atoms with Crippen LogP contribution < -0.4 is 15.8 Å². The first-order chi connectivity index (χ1) is 10.2. The minimum absolute atomic E-state index is 0.512. The molecular formula is C16H17N3O2. The maximum Gasteiger partial charge on any atom is 0.295 e. The van der Waals surface area contributed by atoms with Gasteiger partial charge < -0.3 is 20.2 Å². The fraction of sp³-hybridized carbons (Fsp3) is 0.188. The Morgan fingerprint density at radius 3 is 3.00 bits per heavy atom. The molecule has 0 aliphatic heterocycles. The van der Waals surface area contributed by atoms with Crippen molar-refractivity contribution in [2.24, 2.45) is 0 Å². The average molecular weight is 283 g/mol. The molecule has 0 unspecified atom stereocenters. The molecule has 0 saturated carbocycles. The van der Waals surface area contributed by atoms with E-state index in [0.717, 1.165) is 29.8 Å². The van der Waals surface area contributed by atoms with Crippen LogP contribution in [0.3, 0.4) is 0 Å². The molecule has 3 rings (SSSR count). The highest BCUT2D eigenvalue weighted by Gasteiger charge is 2.05. The van der Waals surface area contributed by atoms with Gasteiger partial charge in [-0.1, -0.05) is 12.1 Å². The quantitative estimate of drug-likeness (QED) is 0.704. The molecule has 3 aromatic rings. The first-order valence-electron chi connectivity index (χ1n) is 6.77. The van der Waals surface area contributed by atoms with Gasteiger partial charge in [-0.15, -0.1) is 0 Å². The number of benzene rings is 2. The second kappa shape index (κ2) is 5.75. The number of oxazole rings is 1. The summed E-state index contributed by atoms with van der Waals surface area (Å²) >= 11 is 0. The van der Waals surface area contributed by atoms with Crippen LogP contribution in [0.1, 0.15) is 5.56 Å². The van der Waals surface area contributed by atoms with E-state index in [2.05, 4.69) is 16.4 Å². The fourth-order valence-electron chi connectivity index (χ4n) is 2.16. The molecule has 1 aromatic heterocycles. The maximum absolute atomic E-state index is 5.72. The lowest BCUT2D eigenvalue weighted by atomic mass is 10.1. The lowest BCUT2D eigenvalue weighted by Crippen LogP contribution is -2.05. The Hall–Kier alpha value is -2.69. The first-order valence-corrected chi connectivity index (χ1v) is 6.77. The number of aromatic nitrogens is 1. The van der Waals surface area contributed by atoms with Crippen LogP contribution in [0, 0.1) is 0 Å². The molecule has 0 bridgehead atoms. The molecule has 5 heteroatoms. The van der Waals surface area contributed by atoms with Crippen molar-refractivity contribution in [3.05, 3.63) is 48.0 Å². The largest absolute Gasteiger partial charge is 0.497 e. The number of fused-ring (bicyclic) bond motifs is 1. The van der Waals surface area contributed by atoms with E-state index in [9.17, 15) is 0 Å². The van der Waals surface area contributed by atoms with Crippen LogP contribution in [-0.4, -0.2) is 18.6 Å². The van der Waals surface area contributed by atoms with Gasteiger partial charge in [-0.25, -0.2) is 0 Å². The van der Waals surface area contributed by atoms with Gasteiger partial charge in [-0.2, -0.15) is 4.98 Å². The number of nitrogens with two attached hydrogens (primary N) is 1. The van der Waals surface area contributed by atoms with Gasteiger partial charge in [0.15, 0.2) is 5.58 Å². The van der Waals surface area contributed by atoms with Crippen molar-refractivity contribution in [3.8, 4) is 5.75 Å². The molecule has 0 atom stereocenters. The van der Waals surface area contributed by atoms with E-state index in [4.69, 9.17) is 14.9 Å². The van der Waals surface area contributed by atoms with Crippen molar-refractivity contribution < 1.29 is 9.15 Å². The molecule has 5 nitrogen and oxygen atoms in total. The molecule has 0 radical (unpaired) electrons. The summed E-state index contributed by atoms with van der Waals surface area (Å²) in [7, 11) is 1.67. The van der Waals surface area contributed by atoms with Crippen LogP contribution in [-0.2, 0) is 6.42 Å². The van der Waals surface area contributed by atoms with Crippen molar-refractivity contribution in [2.75, 3.05) is 24.7 Å². The number of nitrogen functional groups attached to an aromatic ring is 1. The smallest absolute Gasteiger partial charge is 0.295 e. The van der Waals surface area contributed by atoms with Crippen LogP contribution >= 0.6 is 0 Å². The Balaban J connectivity index is 1.63. The Labute approximate surface area is 122 Å². The standard InChI is InChI=1S/C16H17N3O2/c1-20-13-4-2-3-11(9-13)7-8-18-16-19-14-10-12(17)5-6-15(14)21-16/h2-6,9-10H,7-8,17H2,1H3,(H,18,19). The third-order valence-corrected chi connectivity index (χ3v) is 3.24. The highest BCUT2D eigenvalue weighted by Crippen LogP contribution is 2.21. The predicted octanol–water partition coefficient (Wildman–Crippen LogP) is 3.07. The summed E-state index contributed by atoms with van der Waals surface area (Å²) in [4.78, 5) is 4.36. The molecule has 0 aliphatic rings. The van der Waals surface area contributed by atoms with E-state index in [1.54, 1.807) is 19.2 Å². The van der Waals surface area contributed by atoms with Crippen molar-refractivity contribution >= 4 is 22.8 Å². The first kappa shape index (κ1) is 13.3. The number of nitrogens with one attached hydrogen (secondary N) is 1. The SMILES string of the molecule is COc1cccc(CCNc2nc3cc(N)ccc3o2)c1. The minimum Gasteiger partial charge on any atom is -0.497 e. The third kappa shape index (κ3) is 3.08. The predicted molar refractivity (Wildman–Crippen MR) is 83.6 cm³/mol. The topological polar surface area (TPSA) is 73.3 Å². The lowest BCUT2D eigenvalue weighted by molar-refractivity contribution is 0.414. The van der Waals surface area contributed by atoms with Crippen molar-refractivity contribution in [1.82, 2.24) is 4.98 Å². The van der Waals surface area contributed by atoms with Gasteiger partial charge in [0.2, 0.25) is 0 Å². The molecule has 0 spiro atoms. The van der Waals surface area contributed by atoms with E-state index in [-0.39, 0.29) is 0 Å². The summed E-state index contributed by atoms with van der Waals surface area (Å²) in [5, 5.41) is 3.18. The van der Waals surface area contributed by atoms with Gasteiger partial charge in [0.1, 0.15) is 11.3 Å². The van der Waals surface area contributed by atoms with Gasteiger partial charge in [-0.05, 0) is 42.3 Å². The molecule has 0 aliphatic carbocycles. The summed E-state index contributed by atoms with van der Waals surface area (Å²) < 4.78 is 10.8. The van der Waals surface area contributed by atoms with E-state index in [0.29, 0.717) is 11.7 Å². The molecule has 108 valence electrons. The van der Waals surface area contributed by atoms with Crippen LogP contribution in [0.25, 0.3) is 11.1 Å². The highest BCUT2D eigenvalue weighted by atomic mass is 16.5. The Morgan fingerprint density at radius 1 is 1.24 bits per heavy atom. The van der Waals surface area contributed by atoms with Crippen molar-refractivity contribution in [2.45, 2.75) is 6.42 Å². The van der Waals surface area contributed by atoms with Crippen molar-refractivity contribution in [3.63, 3.8) is 0 Å². The maximum atomic E-state index is 5.72. The van der Waals surface area contributed by atoms with Crippen LogP contribution in [0.5, 0.6) is 5.75 Å². The van der Waals surface area contributed by atoms with Gasteiger partial charge in [0.05, 0.1) is 7.11 Å². The zero-order valence-electron chi connectivity index (χ0n) is 11.8. The van der Waals surface area contributed by atoms with Crippen LogP contribution in [0.15, 0.2) is 46.9 Å². The summed E-state index contributed by atoms with van der Waals surface area (Å²) in [6, 6.07) is 13.9. The number of ether oxygens (including phenoxy) is 1. The molecule has 0 saturated heterocycles. The normalized spacial score (nSPS) is 10.7. The molecule has 1 heterocycles. The molecule has 0 amide bonds. The van der Waals surface area contributed by atoms with E-state index in [1.165, 1.54) is 5.56 Å². The minimum atomic E-state index is 0.512. The second-order valence-electron chi connectivity index (χ2n) is 4.77. The van der Waals surface area contributed by atoms with Crippen LogP contribution in [0.4, 0.5) is 11.7 Å². The molecule has 21 heavy (non-hydrogen) atoms. The number of nitrogens with zero attached hydrogens (tertiary/aromatic N) is 1. The number of hydrogen-bond acceptors (Lipinski definition) is 5. The van der Waals surface area contributed by atoms with E-state index in [1.807, 2.05) is 24.3 Å². The second-order valence-corrected chi connectivity index (χ2v) is 4.77. The van der Waals surface area contributed by atoms with Crippen molar-refractivity contribution in [1.29, 1.82) is 0 Å². The Morgan fingerprint density at radius 2 is 2.14 bits per heavy atom. The van der Waals surface area contributed by atoms with Gasteiger partial charge >= 0.3 is 0 Å². The van der Waals surface area contributed by atoms with Crippen LogP contribution in [0.2, 0.25) is 0 Å². The molecule has 0 fully saturated rings. The summed E-state index contributed by atoms with van der Waals surface area (Å²) in [5.74, 6) is 0.866. The van der Waals surface area contributed by atoms with E-state index < -0.39 is 0 Å².